The van der Waals surface area contributed by atoms with Gasteiger partial charge in [0, 0.05) is 24.3 Å². The van der Waals surface area contributed by atoms with E-state index in [1.54, 1.807) is 55.6 Å². The monoisotopic (exact) mass is 399 g/mol. The maximum absolute atomic E-state index is 12.0. The molecule has 0 aromatic heterocycles. The summed E-state index contributed by atoms with van der Waals surface area (Å²) >= 11 is 0. The van der Waals surface area contributed by atoms with Crippen LogP contribution in [0.1, 0.15) is 30.1 Å². The van der Waals surface area contributed by atoms with Gasteiger partial charge in [0.1, 0.15) is 5.75 Å². The second kappa shape index (κ2) is 11.3. The molecule has 154 valence electrons. The first-order chi connectivity index (χ1) is 14.0. The van der Waals surface area contributed by atoms with Gasteiger partial charge in [-0.15, -0.1) is 0 Å². The summed E-state index contributed by atoms with van der Waals surface area (Å²) in [5.74, 6) is 0.0476. The standard InChI is InChI=1S/C21H25N3O5/c1-3-14-29-20(26)15-4-6-16(7-5-15)23-19(25)12-13-22-21(27)24-17-8-10-18(28-2)11-9-17/h4-11H,3,12-14H2,1-2H3,(H,23,25)(H2,22,24,27). The minimum Gasteiger partial charge on any atom is -0.497 e. The fraction of sp³-hybridized carbons (Fsp3) is 0.286. The zero-order chi connectivity index (χ0) is 21.1. The van der Waals surface area contributed by atoms with Crippen LogP contribution in [0.4, 0.5) is 16.2 Å². The van der Waals surface area contributed by atoms with E-state index in [0.717, 1.165) is 6.42 Å². The molecule has 29 heavy (non-hydrogen) atoms. The molecule has 2 aromatic rings. The van der Waals surface area contributed by atoms with Crippen molar-refractivity contribution in [1.29, 1.82) is 0 Å². The van der Waals surface area contributed by atoms with E-state index in [-0.39, 0.29) is 18.9 Å². The van der Waals surface area contributed by atoms with E-state index < -0.39 is 12.0 Å². The van der Waals surface area contributed by atoms with Crippen LogP contribution < -0.4 is 20.7 Å². The Labute approximate surface area is 169 Å². The number of urea groups is 1. The van der Waals surface area contributed by atoms with Gasteiger partial charge in [-0.2, -0.15) is 0 Å². The molecule has 0 aliphatic heterocycles. The lowest BCUT2D eigenvalue weighted by Gasteiger charge is -2.09. The summed E-state index contributed by atoms with van der Waals surface area (Å²) in [6, 6.07) is 12.9. The minimum atomic E-state index is -0.405. The zero-order valence-electron chi connectivity index (χ0n) is 16.5. The van der Waals surface area contributed by atoms with E-state index >= 15 is 0 Å². The van der Waals surface area contributed by atoms with Gasteiger partial charge in [-0.1, -0.05) is 6.92 Å². The lowest BCUT2D eigenvalue weighted by molar-refractivity contribution is -0.116. The Morgan fingerprint density at radius 2 is 1.52 bits per heavy atom. The van der Waals surface area contributed by atoms with Crippen molar-refractivity contribution in [2.45, 2.75) is 19.8 Å². The van der Waals surface area contributed by atoms with Gasteiger partial charge in [-0.25, -0.2) is 9.59 Å². The van der Waals surface area contributed by atoms with Crippen LogP contribution in [-0.2, 0) is 9.53 Å². The van der Waals surface area contributed by atoms with Gasteiger partial charge in [0.05, 0.1) is 19.3 Å². The molecule has 3 amide bonds. The smallest absolute Gasteiger partial charge is 0.338 e. The van der Waals surface area contributed by atoms with Crippen LogP contribution >= 0.6 is 0 Å². The summed E-state index contributed by atoms with van der Waals surface area (Å²) in [6.45, 7) is 2.47. The first-order valence-electron chi connectivity index (χ1n) is 9.27. The second-order valence-electron chi connectivity index (χ2n) is 6.12. The molecule has 0 spiro atoms. The third-order valence-corrected chi connectivity index (χ3v) is 3.83. The number of nitrogens with one attached hydrogen (secondary N) is 3. The molecule has 0 aliphatic carbocycles. The molecule has 8 nitrogen and oxygen atoms in total. The molecule has 2 aromatic carbocycles. The third-order valence-electron chi connectivity index (χ3n) is 3.83. The number of esters is 1. The van der Waals surface area contributed by atoms with Crippen LogP contribution in [0.2, 0.25) is 0 Å². The number of carbonyl (C=O) groups excluding carboxylic acids is 3. The number of amides is 3. The SMILES string of the molecule is CCCOC(=O)c1ccc(NC(=O)CCNC(=O)Nc2ccc(OC)cc2)cc1. The van der Waals surface area contributed by atoms with Crippen molar-refractivity contribution in [3.8, 4) is 5.75 Å². The second-order valence-corrected chi connectivity index (χ2v) is 6.12. The highest BCUT2D eigenvalue weighted by Crippen LogP contribution is 2.14. The van der Waals surface area contributed by atoms with Crippen molar-refractivity contribution >= 4 is 29.3 Å². The average molecular weight is 399 g/mol. The van der Waals surface area contributed by atoms with Crippen LogP contribution in [0, 0.1) is 0 Å². The van der Waals surface area contributed by atoms with E-state index in [0.29, 0.717) is 29.3 Å². The quantitative estimate of drug-likeness (QED) is 0.560. The van der Waals surface area contributed by atoms with Crippen LogP contribution in [-0.4, -0.2) is 38.2 Å². The zero-order valence-corrected chi connectivity index (χ0v) is 16.5. The Balaban J connectivity index is 1.70. The highest BCUT2D eigenvalue weighted by Gasteiger charge is 2.08. The molecule has 0 fully saturated rings. The van der Waals surface area contributed by atoms with E-state index in [2.05, 4.69) is 16.0 Å². The van der Waals surface area contributed by atoms with Crippen molar-refractivity contribution in [3.63, 3.8) is 0 Å². The first-order valence-corrected chi connectivity index (χ1v) is 9.27. The summed E-state index contributed by atoms with van der Waals surface area (Å²) in [4.78, 5) is 35.6. The van der Waals surface area contributed by atoms with Gasteiger partial charge in [0.2, 0.25) is 5.91 Å². The number of anilines is 2. The van der Waals surface area contributed by atoms with E-state index in [1.807, 2.05) is 6.92 Å². The van der Waals surface area contributed by atoms with Gasteiger partial charge < -0.3 is 25.4 Å². The Morgan fingerprint density at radius 1 is 0.897 bits per heavy atom. The summed E-state index contributed by atoms with van der Waals surface area (Å²) < 4.78 is 10.1. The molecule has 0 aliphatic rings. The van der Waals surface area contributed by atoms with E-state index in [9.17, 15) is 14.4 Å². The molecule has 0 saturated carbocycles. The molecule has 0 unspecified atom stereocenters. The van der Waals surface area contributed by atoms with Crippen molar-refractivity contribution in [2.75, 3.05) is 30.9 Å². The predicted molar refractivity (Wildman–Crippen MR) is 110 cm³/mol. The molecule has 0 heterocycles. The predicted octanol–water partition coefficient (Wildman–Crippen LogP) is 3.41. The fourth-order valence-corrected chi connectivity index (χ4v) is 2.33. The number of methoxy groups -OCH3 is 1. The molecular weight excluding hydrogens is 374 g/mol. The van der Waals surface area contributed by atoms with Gasteiger partial charge in [0.25, 0.3) is 0 Å². The van der Waals surface area contributed by atoms with E-state index in [1.165, 1.54) is 0 Å². The Hall–Kier alpha value is -3.55. The number of hydrogen-bond acceptors (Lipinski definition) is 5. The maximum Gasteiger partial charge on any atom is 0.338 e. The van der Waals surface area contributed by atoms with Gasteiger partial charge in [-0.05, 0) is 55.0 Å². The lowest BCUT2D eigenvalue weighted by Crippen LogP contribution is -2.31. The molecule has 0 radical (unpaired) electrons. The van der Waals surface area contributed by atoms with Crippen molar-refractivity contribution in [2.24, 2.45) is 0 Å². The number of hydrogen-bond donors (Lipinski definition) is 3. The summed E-state index contributed by atoms with van der Waals surface area (Å²) in [6.07, 6.45) is 0.863. The Morgan fingerprint density at radius 3 is 2.14 bits per heavy atom. The number of benzene rings is 2. The summed E-state index contributed by atoms with van der Waals surface area (Å²) in [5.41, 5.74) is 1.60. The summed E-state index contributed by atoms with van der Waals surface area (Å²) in [7, 11) is 1.57. The van der Waals surface area contributed by atoms with Crippen molar-refractivity contribution < 1.29 is 23.9 Å². The Bertz CT molecular complexity index is 819. The van der Waals surface area contributed by atoms with Gasteiger partial charge in [0.15, 0.2) is 0 Å². The van der Waals surface area contributed by atoms with Gasteiger partial charge in [-0.3, -0.25) is 4.79 Å². The number of ether oxygens (including phenoxy) is 2. The maximum atomic E-state index is 12.0. The first kappa shape index (κ1) is 21.7. The van der Waals surface area contributed by atoms with Crippen LogP contribution in [0.15, 0.2) is 48.5 Å². The molecule has 0 atom stereocenters. The minimum absolute atomic E-state index is 0.107. The van der Waals surface area contributed by atoms with Crippen LogP contribution in [0.3, 0.4) is 0 Å². The van der Waals surface area contributed by atoms with E-state index in [4.69, 9.17) is 9.47 Å². The summed E-state index contributed by atoms with van der Waals surface area (Å²) in [5, 5.41) is 7.99. The topological polar surface area (TPSA) is 106 Å². The molecule has 2 rings (SSSR count). The fourth-order valence-electron chi connectivity index (χ4n) is 2.33. The molecule has 0 bridgehead atoms. The van der Waals surface area contributed by atoms with Gasteiger partial charge >= 0.3 is 12.0 Å². The van der Waals surface area contributed by atoms with Crippen LogP contribution in [0.25, 0.3) is 0 Å². The normalized spacial score (nSPS) is 10.0. The molecular formula is C21H25N3O5. The van der Waals surface area contributed by atoms with Crippen molar-refractivity contribution in [3.05, 3.63) is 54.1 Å². The highest BCUT2D eigenvalue weighted by atomic mass is 16.5. The Kier molecular flexibility index (Phi) is 8.50. The lowest BCUT2D eigenvalue weighted by atomic mass is 10.2. The largest absolute Gasteiger partial charge is 0.497 e. The van der Waals surface area contributed by atoms with Crippen LogP contribution in [0.5, 0.6) is 5.75 Å². The van der Waals surface area contributed by atoms with Crippen molar-refractivity contribution in [1.82, 2.24) is 5.32 Å². The highest BCUT2D eigenvalue weighted by molar-refractivity contribution is 5.94. The number of carbonyl (C=O) groups is 3. The molecule has 8 heteroatoms. The third kappa shape index (κ3) is 7.53. The number of rotatable bonds is 9. The molecule has 0 saturated heterocycles. The average Bonchev–Trinajstić information content (AvgIpc) is 2.73. The molecule has 3 N–H and O–H groups in total.